The van der Waals surface area contributed by atoms with Gasteiger partial charge in [-0.2, -0.15) is 0 Å². The normalized spacial score (nSPS) is 15.1. The number of benzene rings is 4. The Hall–Kier alpha value is -4.85. The van der Waals surface area contributed by atoms with Gasteiger partial charge in [0.15, 0.2) is 0 Å². The maximum atomic E-state index is 13.3. The Balaban J connectivity index is 1.39. The molecule has 3 aliphatic carbocycles. The van der Waals surface area contributed by atoms with Crippen LogP contribution in [-0.2, 0) is 25.8 Å². The van der Waals surface area contributed by atoms with E-state index >= 15 is 0 Å². The molecule has 2 unspecified atom stereocenters. The van der Waals surface area contributed by atoms with Crippen LogP contribution in [0, 0.1) is 5.92 Å². The van der Waals surface area contributed by atoms with Gasteiger partial charge in [-0.15, -0.1) is 40.6 Å². The second-order valence-electron chi connectivity index (χ2n) is 28.3. The van der Waals surface area contributed by atoms with Crippen molar-refractivity contribution in [3.05, 3.63) is 153 Å². The Morgan fingerprint density at radius 2 is 0.824 bits per heavy atom. The molecule has 488 valence electrons. The lowest BCUT2D eigenvalue weighted by molar-refractivity contribution is -0.144. The van der Waals surface area contributed by atoms with E-state index in [0.29, 0.717) is 0 Å². The first-order chi connectivity index (χ1) is 44.5. The van der Waals surface area contributed by atoms with Crippen molar-refractivity contribution in [2.45, 2.75) is 283 Å². The summed E-state index contributed by atoms with van der Waals surface area (Å²) < 4.78 is 5.39. The van der Waals surface area contributed by atoms with Crippen LogP contribution in [0.1, 0.15) is 299 Å². The van der Waals surface area contributed by atoms with Crippen LogP contribution in [-0.4, -0.2) is 19.1 Å². The van der Waals surface area contributed by atoms with Crippen molar-refractivity contribution in [1.29, 1.82) is 0 Å². The number of methoxy groups -OCH3 is 1. The van der Waals surface area contributed by atoms with Gasteiger partial charge in [0, 0.05) is 41.8 Å². The van der Waals surface area contributed by atoms with E-state index < -0.39 is 6.04 Å². The summed E-state index contributed by atoms with van der Waals surface area (Å²) in [6.45, 7) is 22.9. The van der Waals surface area contributed by atoms with Crippen LogP contribution in [0.25, 0.3) is 64.7 Å². The van der Waals surface area contributed by atoms with Gasteiger partial charge in [-0.05, 0) is 188 Å². The molecule has 0 saturated heterocycles. The first-order valence-electron chi connectivity index (χ1n) is 36.9. The van der Waals surface area contributed by atoms with Crippen LogP contribution in [0.3, 0.4) is 0 Å². The summed E-state index contributed by atoms with van der Waals surface area (Å²) in [5.74, 6) is -0.138. The van der Waals surface area contributed by atoms with Gasteiger partial charge >= 0.3 is 5.97 Å². The Bertz CT molecular complexity index is 3360. The van der Waals surface area contributed by atoms with Gasteiger partial charge in [0.2, 0.25) is 0 Å². The summed E-state index contributed by atoms with van der Waals surface area (Å²) in [5.41, 5.74) is 23.2. The molecular weight excluding hydrogens is 1160 g/mol. The monoisotopic (exact) mass is 1280 g/mol. The fourth-order valence-electron chi connectivity index (χ4n) is 17.3. The van der Waals surface area contributed by atoms with Crippen LogP contribution in [0.2, 0.25) is 0 Å². The van der Waals surface area contributed by atoms with Crippen LogP contribution in [0.4, 0.5) is 0 Å². The number of thiophene rings is 3. The average molecular weight is 1280 g/mol. The third-order valence-corrected chi connectivity index (χ3v) is 24.9. The number of fused-ring (bicyclic) bond motifs is 12. The Labute approximate surface area is 564 Å². The zero-order chi connectivity index (χ0) is 64.0. The van der Waals surface area contributed by atoms with Crippen molar-refractivity contribution in [3.8, 4) is 64.7 Å². The largest absolute Gasteiger partial charge is 0.468 e. The van der Waals surface area contributed by atoms with Crippen LogP contribution < -0.4 is 5.32 Å². The Morgan fingerprint density at radius 1 is 0.473 bits per heavy atom. The first-order valence-corrected chi connectivity index (χ1v) is 39.4. The smallest absolute Gasteiger partial charge is 0.323 e. The maximum absolute atomic E-state index is 13.3. The van der Waals surface area contributed by atoms with Crippen molar-refractivity contribution < 1.29 is 9.53 Å². The minimum atomic E-state index is -0.420. The molecule has 0 amide bonds. The SMILES string of the molecule is C=CCC(NC(C(=O)OC)C(C)C)c1ccc(-c2ccc3c(c2)-c2c4c(c5c(c2C3(CCCCCC)CCCCCC)-c2cc(-c3cccs3)ccc2C5(CCCCCC)CCCCCC)-c2cc(-c3cccs3)ccc2C4(CCCCCC)CCCCCC)s1. The Kier molecular flexibility index (Phi) is 24.7. The molecule has 3 nitrogen and oxygen atoms in total. The molecular formula is C85H113NO2S3. The number of hydrogen-bond acceptors (Lipinski definition) is 6. The van der Waals surface area contributed by atoms with Gasteiger partial charge < -0.3 is 4.74 Å². The number of unbranched alkanes of at least 4 members (excludes halogenated alkanes) is 18. The molecule has 2 atom stereocenters. The lowest BCUT2D eigenvalue weighted by atomic mass is 9.63. The first kappa shape index (κ1) is 69.0. The number of esters is 1. The highest BCUT2D eigenvalue weighted by molar-refractivity contribution is 7.15. The van der Waals surface area contributed by atoms with Gasteiger partial charge in [0.25, 0.3) is 0 Å². The molecule has 3 heterocycles. The van der Waals surface area contributed by atoms with Crippen LogP contribution in [0.5, 0.6) is 0 Å². The summed E-state index contributed by atoms with van der Waals surface area (Å²) in [4.78, 5) is 18.6. The summed E-state index contributed by atoms with van der Waals surface area (Å²) in [6, 6.07) is 37.6. The Morgan fingerprint density at radius 3 is 1.12 bits per heavy atom. The number of rotatable bonds is 40. The number of carbonyl (C=O) groups excluding carboxylic acids is 1. The molecule has 10 rings (SSSR count). The number of ether oxygens (including phenoxy) is 1. The van der Waals surface area contributed by atoms with Crippen molar-refractivity contribution in [1.82, 2.24) is 5.32 Å². The predicted octanol–water partition coefficient (Wildman–Crippen LogP) is 26.9. The lowest BCUT2D eigenvalue weighted by Gasteiger charge is -2.39. The summed E-state index contributed by atoms with van der Waals surface area (Å²) in [5, 5.41) is 8.35. The van der Waals surface area contributed by atoms with Crippen molar-refractivity contribution in [3.63, 3.8) is 0 Å². The predicted molar refractivity (Wildman–Crippen MR) is 399 cm³/mol. The van der Waals surface area contributed by atoms with Crippen molar-refractivity contribution >= 4 is 40.0 Å². The fourth-order valence-corrected chi connectivity index (χ4v) is 19.8. The molecule has 0 saturated carbocycles. The topological polar surface area (TPSA) is 38.3 Å². The number of nitrogens with one attached hydrogen (secondary N) is 1. The zero-order valence-corrected chi connectivity index (χ0v) is 60.2. The van der Waals surface area contributed by atoms with Crippen molar-refractivity contribution in [2.75, 3.05) is 7.11 Å². The number of carbonyl (C=O) groups is 1. The second-order valence-corrected chi connectivity index (χ2v) is 31.3. The van der Waals surface area contributed by atoms with E-state index in [4.69, 9.17) is 4.74 Å². The highest BCUT2D eigenvalue weighted by Crippen LogP contribution is 2.72. The summed E-state index contributed by atoms with van der Waals surface area (Å²) in [6.07, 6.45) is 40.0. The molecule has 0 radical (unpaired) electrons. The third kappa shape index (κ3) is 14.1. The van der Waals surface area contributed by atoms with Gasteiger partial charge in [-0.1, -0.05) is 264 Å². The third-order valence-electron chi connectivity index (χ3n) is 21.9. The van der Waals surface area contributed by atoms with Gasteiger partial charge in [0.1, 0.15) is 6.04 Å². The molecule has 7 aromatic rings. The van der Waals surface area contributed by atoms with Gasteiger partial charge in [-0.3, -0.25) is 10.1 Å². The highest BCUT2D eigenvalue weighted by atomic mass is 32.1. The van der Waals surface area contributed by atoms with Gasteiger partial charge in [0.05, 0.1) is 7.11 Å². The highest BCUT2D eigenvalue weighted by Gasteiger charge is 2.58. The van der Waals surface area contributed by atoms with E-state index in [0.717, 1.165) is 6.42 Å². The zero-order valence-electron chi connectivity index (χ0n) is 57.8. The van der Waals surface area contributed by atoms with Gasteiger partial charge in [-0.25, -0.2) is 0 Å². The summed E-state index contributed by atoms with van der Waals surface area (Å²) in [7, 11) is 1.51. The minimum absolute atomic E-state index is 0.0652. The average Bonchev–Trinajstić information content (AvgIpc) is 1.48. The standard InChI is InChI=1S/C85H113NO2S3/c1-11-18-24-30-49-83(50-31-25-19-12-2)67-44-41-61(71-39-36-55-89-71)57-64(67)76-78(83)75-65-58-62(72-40-37-56-90-72)42-45-68(65)84(51-32-26-20-13-3,52-33-27-21-14-4)79(75)77-66-59-63(73-47-48-74(91-73)70(38-17-7)86-81(60(8)9)82(87)88-10)43-46-69(66)85(80(76)77,53-34-28-22-15-5)54-35-29-23-16-6/h17,36-37,39-48,55-60,70,81,86H,7,11-16,18-35,38,49-54H2,1-6,8-10H3. The maximum Gasteiger partial charge on any atom is 0.323 e. The molecule has 3 aliphatic rings. The molecule has 3 aromatic heterocycles. The lowest BCUT2D eigenvalue weighted by Crippen LogP contribution is -2.43. The summed E-state index contributed by atoms with van der Waals surface area (Å²) >= 11 is 5.70. The molecule has 0 fully saturated rings. The fraction of sp³-hybridized carbons (Fsp3) is 0.541. The van der Waals surface area contributed by atoms with E-state index in [1.54, 1.807) is 61.2 Å². The van der Waals surface area contributed by atoms with E-state index in [1.807, 2.05) is 40.1 Å². The van der Waals surface area contributed by atoms with Crippen LogP contribution >= 0.6 is 34.0 Å². The molecule has 6 heteroatoms. The number of hydrogen-bond donors (Lipinski definition) is 1. The van der Waals surface area contributed by atoms with E-state index in [-0.39, 0.29) is 34.2 Å². The molecule has 91 heavy (non-hydrogen) atoms. The van der Waals surface area contributed by atoms with E-state index in [1.165, 1.54) is 241 Å². The minimum Gasteiger partial charge on any atom is -0.468 e. The molecule has 0 spiro atoms. The van der Waals surface area contributed by atoms with Crippen LogP contribution in [0.15, 0.2) is 114 Å². The molecule has 1 N–H and O–H groups in total. The van der Waals surface area contributed by atoms with Crippen molar-refractivity contribution in [2.24, 2.45) is 5.92 Å². The molecule has 4 aromatic carbocycles. The molecule has 0 bridgehead atoms. The second kappa shape index (κ2) is 32.5. The molecule has 0 aliphatic heterocycles. The quantitative estimate of drug-likeness (QED) is 0.0236. The van der Waals surface area contributed by atoms with E-state index in [2.05, 4.69) is 169 Å². The van der Waals surface area contributed by atoms with E-state index in [9.17, 15) is 4.79 Å².